The van der Waals surface area contributed by atoms with Crippen LogP contribution < -0.4 is 5.73 Å². The largest absolute Gasteiger partial charge is 0.396 e. The Labute approximate surface area is 110 Å². The maximum absolute atomic E-state index is 5.97. The SMILES string of the molecule is Cc1ccnc(SCc2ccc(Cl)cc2)c1N. The van der Waals surface area contributed by atoms with Crippen LogP contribution in [-0.2, 0) is 5.75 Å². The summed E-state index contributed by atoms with van der Waals surface area (Å²) in [5, 5.41) is 1.65. The normalized spacial score (nSPS) is 10.5. The van der Waals surface area contributed by atoms with Crippen molar-refractivity contribution in [1.82, 2.24) is 4.98 Å². The molecule has 2 nitrogen and oxygen atoms in total. The summed E-state index contributed by atoms with van der Waals surface area (Å²) < 4.78 is 0. The van der Waals surface area contributed by atoms with E-state index in [1.165, 1.54) is 5.56 Å². The van der Waals surface area contributed by atoms with Crippen LogP contribution in [0.25, 0.3) is 0 Å². The van der Waals surface area contributed by atoms with Crippen LogP contribution in [0.5, 0.6) is 0 Å². The van der Waals surface area contributed by atoms with E-state index in [1.807, 2.05) is 37.3 Å². The van der Waals surface area contributed by atoms with Crippen LogP contribution >= 0.6 is 23.4 Å². The molecule has 0 radical (unpaired) electrons. The van der Waals surface area contributed by atoms with Gasteiger partial charge in [0.15, 0.2) is 0 Å². The van der Waals surface area contributed by atoms with Crippen LogP contribution in [0.2, 0.25) is 5.02 Å². The summed E-state index contributed by atoms with van der Waals surface area (Å²) >= 11 is 7.48. The smallest absolute Gasteiger partial charge is 0.120 e. The molecule has 0 fully saturated rings. The van der Waals surface area contributed by atoms with Gasteiger partial charge in [0.2, 0.25) is 0 Å². The number of nitrogens with two attached hydrogens (primary N) is 1. The predicted octanol–water partition coefficient (Wildman–Crippen LogP) is 3.92. The number of rotatable bonds is 3. The number of aromatic nitrogens is 1. The van der Waals surface area contributed by atoms with Crippen molar-refractivity contribution in [3.05, 3.63) is 52.7 Å². The van der Waals surface area contributed by atoms with Gasteiger partial charge >= 0.3 is 0 Å². The van der Waals surface area contributed by atoms with E-state index in [0.717, 1.165) is 27.1 Å². The van der Waals surface area contributed by atoms with E-state index in [-0.39, 0.29) is 0 Å². The van der Waals surface area contributed by atoms with E-state index in [9.17, 15) is 0 Å². The summed E-state index contributed by atoms with van der Waals surface area (Å²) in [5.41, 5.74) is 9.01. The lowest BCUT2D eigenvalue weighted by Crippen LogP contribution is -1.95. The Balaban J connectivity index is 2.07. The second-order valence-corrected chi connectivity index (χ2v) is 5.16. The van der Waals surface area contributed by atoms with Gasteiger partial charge in [-0.25, -0.2) is 4.98 Å². The monoisotopic (exact) mass is 264 g/mol. The van der Waals surface area contributed by atoms with Crippen molar-refractivity contribution >= 4 is 29.1 Å². The van der Waals surface area contributed by atoms with Gasteiger partial charge in [-0.05, 0) is 36.2 Å². The molecule has 1 aromatic heterocycles. The van der Waals surface area contributed by atoms with Crippen LogP contribution in [0.15, 0.2) is 41.6 Å². The van der Waals surface area contributed by atoms with Gasteiger partial charge in [0.1, 0.15) is 5.03 Å². The highest BCUT2D eigenvalue weighted by Crippen LogP contribution is 2.28. The van der Waals surface area contributed by atoms with Gasteiger partial charge in [-0.15, -0.1) is 0 Å². The third kappa shape index (κ3) is 3.14. The summed E-state index contributed by atoms with van der Waals surface area (Å²) in [7, 11) is 0. The Hall–Kier alpha value is -1.19. The zero-order valence-electron chi connectivity index (χ0n) is 9.48. The average Bonchev–Trinajstić information content (AvgIpc) is 2.33. The number of nitrogen functional groups attached to an aromatic ring is 1. The number of halogens is 1. The molecular formula is C13H13ClN2S. The van der Waals surface area contributed by atoms with E-state index in [2.05, 4.69) is 4.98 Å². The van der Waals surface area contributed by atoms with E-state index >= 15 is 0 Å². The number of hydrogen-bond acceptors (Lipinski definition) is 3. The van der Waals surface area contributed by atoms with Gasteiger partial charge in [-0.3, -0.25) is 0 Å². The first-order valence-electron chi connectivity index (χ1n) is 5.25. The molecule has 2 N–H and O–H groups in total. The first-order chi connectivity index (χ1) is 8.16. The molecule has 0 saturated heterocycles. The fourth-order valence-electron chi connectivity index (χ4n) is 1.39. The van der Waals surface area contributed by atoms with Gasteiger partial charge in [0.25, 0.3) is 0 Å². The maximum atomic E-state index is 5.97. The number of hydrogen-bond donors (Lipinski definition) is 1. The Kier molecular flexibility index (Phi) is 3.92. The minimum Gasteiger partial charge on any atom is -0.396 e. The molecule has 2 aromatic rings. The average molecular weight is 265 g/mol. The zero-order chi connectivity index (χ0) is 12.3. The third-order valence-electron chi connectivity index (χ3n) is 2.46. The Morgan fingerprint density at radius 1 is 1.24 bits per heavy atom. The van der Waals surface area contributed by atoms with E-state index < -0.39 is 0 Å². The number of nitrogens with zero attached hydrogens (tertiary/aromatic N) is 1. The second-order valence-electron chi connectivity index (χ2n) is 3.76. The fraction of sp³-hybridized carbons (Fsp3) is 0.154. The fourth-order valence-corrected chi connectivity index (χ4v) is 2.47. The summed E-state index contributed by atoms with van der Waals surface area (Å²) in [6.45, 7) is 1.99. The highest BCUT2D eigenvalue weighted by Gasteiger charge is 2.04. The zero-order valence-corrected chi connectivity index (χ0v) is 11.1. The molecule has 1 heterocycles. The van der Waals surface area contributed by atoms with E-state index in [0.29, 0.717) is 0 Å². The molecule has 88 valence electrons. The van der Waals surface area contributed by atoms with Crippen molar-refractivity contribution in [3.8, 4) is 0 Å². The quantitative estimate of drug-likeness (QED) is 0.854. The van der Waals surface area contributed by atoms with Gasteiger partial charge < -0.3 is 5.73 Å². The first kappa shape index (κ1) is 12.3. The van der Waals surface area contributed by atoms with Gasteiger partial charge in [0.05, 0.1) is 5.69 Å². The van der Waals surface area contributed by atoms with Crippen LogP contribution in [0.4, 0.5) is 5.69 Å². The van der Waals surface area contributed by atoms with Crippen LogP contribution in [-0.4, -0.2) is 4.98 Å². The topological polar surface area (TPSA) is 38.9 Å². The first-order valence-corrected chi connectivity index (χ1v) is 6.61. The maximum Gasteiger partial charge on any atom is 0.120 e. The van der Waals surface area contributed by atoms with Crippen molar-refractivity contribution in [1.29, 1.82) is 0 Å². The predicted molar refractivity (Wildman–Crippen MR) is 74.4 cm³/mol. The van der Waals surface area contributed by atoms with E-state index in [4.69, 9.17) is 17.3 Å². The minimum atomic E-state index is 0.756. The molecule has 0 aliphatic rings. The molecule has 4 heteroatoms. The van der Waals surface area contributed by atoms with Crippen molar-refractivity contribution in [3.63, 3.8) is 0 Å². The van der Waals surface area contributed by atoms with Crippen molar-refractivity contribution in [2.75, 3.05) is 5.73 Å². The number of aryl methyl sites for hydroxylation is 1. The number of anilines is 1. The van der Waals surface area contributed by atoms with Crippen LogP contribution in [0.1, 0.15) is 11.1 Å². The number of pyridine rings is 1. The van der Waals surface area contributed by atoms with Gasteiger partial charge in [-0.2, -0.15) is 0 Å². The van der Waals surface area contributed by atoms with Crippen molar-refractivity contribution in [2.45, 2.75) is 17.7 Å². The van der Waals surface area contributed by atoms with Gasteiger partial charge in [0, 0.05) is 17.0 Å². The molecule has 2 rings (SSSR count). The Morgan fingerprint density at radius 3 is 2.65 bits per heavy atom. The van der Waals surface area contributed by atoms with E-state index in [1.54, 1.807) is 18.0 Å². The molecule has 0 saturated carbocycles. The lowest BCUT2D eigenvalue weighted by Gasteiger charge is -2.06. The van der Waals surface area contributed by atoms with Crippen LogP contribution in [0, 0.1) is 6.92 Å². The minimum absolute atomic E-state index is 0.756. The molecule has 0 spiro atoms. The molecule has 17 heavy (non-hydrogen) atoms. The summed E-state index contributed by atoms with van der Waals surface area (Å²) in [5.74, 6) is 0.845. The molecule has 0 aliphatic heterocycles. The highest BCUT2D eigenvalue weighted by atomic mass is 35.5. The second kappa shape index (κ2) is 5.43. The number of benzene rings is 1. The van der Waals surface area contributed by atoms with Crippen molar-refractivity contribution < 1.29 is 0 Å². The molecule has 0 unspecified atom stereocenters. The molecular weight excluding hydrogens is 252 g/mol. The molecule has 1 aromatic carbocycles. The third-order valence-corrected chi connectivity index (χ3v) is 3.79. The molecule has 0 amide bonds. The lowest BCUT2D eigenvalue weighted by molar-refractivity contribution is 1.12. The Morgan fingerprint density at radius 2 is 1.94 bits per heavy atom. The van der Waals surface area contributed by atoms with Crippen LogP contribution in [0.3, 0.4) is 0 Å². The summed E-state index contributed by atoms with van der Waals surface area (Å²) in [6.07, 6.45) is 1.79. The highest BCUT2D eigenvalue weighted by molar-refractivity contribution is 7.98. The molecule has 0 bridgehead atoms. The lowest BCUT2D eigenvalue weighted by atomic mass is 10.2. The standard InChI is InChI=1S/C13H13ClN2S/c1-9-6-7-16-13(12(9)15)17-8-10-2-4-11(14)5-3-10/h2-7H,8,15H2,1H3. The number of thioether (sulfide) groups is 1. The van der Waals surface area contributed by atoms with Crippen molar-refractivity contribution in [2.24, 2.45) is 0 Å². The summed E-state index contributed by atoms with van der Waals surface area (Å²) in [4.78, 5) is 4.28. The summed E-state index contributed by atoms with van der Waals surface area (Å²) in [6, 6.07) is 9.74. The molecule has 0 aliphatic carbocycles. The Bertz CT molecular complexity index is 511. The molecule has 0 atom stereocenters. The van der Waals surface area contributed by atoms with Gasteiger partial charge in [-0.1, -0.05) is 35.5 Å².